The van der Waals surface area contributed by atoms with Crippen LogP contribution in [0.4, 0.5) is 5.69 Å². The first kappa shape index (κ1) is 18.6. The Bertz CT molecular complexity index is 1100. The third kappa shape index (κ3) is 4.20. The zero-order valence-electron chi connectivity index (χ0n) is 15.8. The van der Waals surface area contributed by atoms with Gasteiger partial charge in [-0.3, -0.25) is 0 Å². The molecule has 0 heterocycles. The van der Waals surface area contributed by atoms with E-state index < -0.39 is 0 Å². The van der Waals surface area contributed by atoms with E-state index in [0.717, 1.165) is 21.5 Å². The number of halogens is 1. The monoisotopic (exact) mass is 431 g/mol. The molecule has 0 radical (unpaired) electrons. The van der Waals surface area contributed by atoms with Crippen LogP contribution in [0.25, 0.3) is 10.8 Å². The average molecular weight is 432 g/mol. The van der Waals surface area contributed by atoms with Crippen LogP contribution < -0.4 is 10.1 Å². The Balaban J connectivity index is 1.54. The van der Waals surface area contributed by atoms with Gasteiger partial charge < -0.3 is 10.1 Å². The maximum Gasteiger partial charge on any atom is 0.124 e. The summed E-state index contributed by atoms with van der Waals surface area (Å²) in [5, 5.41) is 6.00. The van der Waals surface area contributed by atoms with Gasteiger partial charge in [0.15, 0.2) is 0 Å². The molecule has 0 saturated carbocycles. The van der Waals surface area contributed by atoms with Crippen molar-refractivity contribution in [2.75, 3.05) is 5.32 Å². The minimum absolute atomic E-state index is 0.542. The number of ether oxygens (including phenoxy) is 1. The fourth-order valence-corrected chi connectivity index (χ4v) is 3.77. The lowest BCUT2D eigenvalue weighted by atomic mass is 10.1. The van der Waals surface area contributed by atoms with Crippen molar-refractivity contribution in [2.45, 2.75) is 20.1 Å². The summed E-state index contributed by atoms with van der Waals surface area (Å²) >= 11 is 3.58. The van der Waals surface area contributed by atoms with Gasteiger partial charge in [-0.05, 0) is 53.1 Å². The highest BCUT2D eigenvalue weighted by Gasteiger charge is 2.08. The SMILES string of the molecule is Cc1ccccc1NCc1cc(Br)ccc1OCc1cccc2ccccc12. The number of anilines is 1. The number of rotatable bonds is 6. The van der Waals surface area contributed by atoms with Gasteiger partial charge in [-0.1, -0.05) is 76.6 Å². The largest absolute Gasteiger partial charge is 0.489 e. The highest BCUT2D eigenvalue weighted by atomic mass is 79.9. The Morgan fingerprint density at radius 1 is 0.821 bits per heavy atom. The van der Waals surface area contributed by atoms with Crippen LogP contribution in [-0.4, -0.2) is 0 Å². The molecule has 0 atom stereocenters. The predicted octanol–water partition coefficient (Wildman–Crippen LogP) is 7.10. The van der Waals surface area contributed by atoms with Gasteiger partial charge in [-0.25, -0.2) is 0 Å². The third-order valence-corrected chi connectivity index (χ3v) is 5.39. The van der Waals surface area contributed by atoms with Crippen LogP contribution in [0.1, 0.15) is 16.7 Å². The van der Waals surface area contributed by atoms with Gasteiger partial charge >= 0.3 is 0 Å². The van der Waals surface area contributed by atoms with Crippen molar-refractivity contribution in [1.82, 2.24) is 0 Å². The minimum Gasteiger partial charge on any atom is -0.489 e. The van der Waals surface area contributed by atoms with E-state index in [1.54, 1.807) is 0 Å². The van der Waals surface area contributed by atoms with E-state index in [9.17, 15) is 0 Å². The zero-order valence-corrected chi connectivity index (χ0v) is 17.4. The molecule has 28 heavy (non-hydrogen) atoms. The lowest BCUT2D eigenvalue weighted by Gasteiger charge is -2.15. The molecule has 0 fully saturated rings. The Morgan fingerprint density at radius 2 is 1.61 bits per heavy atom. The van der Waals surface area contributed by atoms with Crippen molar-refractivity contribution in [1.29, 1.82) is 0 Å². The molecule has 4 rings (SSSR count). The molecule has 1 N–H and O–H groups in total. The molecule has 0 unspecified atom stereocenters. The number of aryl methyl sites for hydroxylation is 1. The first-order valence-electron chi connectivity index (χ1n) is 9.38. The highest BCUT2D eigenvalue weighted by Crippen LogP contribution is 2.27. The van der Waals surface area contributed by atoms with E-state index >= 15 is 0 Å². The number of benzene rings is 4. The summed E-state index contributed by atoms with van der Waals surface area (Å²) in [5.74, 6) is 0.900. The van der Waals surface area contributed by atoms with Crippen LogP contribution >= 0.6 is 15.9 Å². The van der Waals surface area contributed by atoms with Crippen LogP contribution in [0.5, 0.6) is 5.75 Å². The Labute approximate surface area is 174 Å². The van der Waals surface area contributed by atoms with E-state index in [1.807, 2.05) is 18.2 Å². The fourth-order valence-electron chi connectivity index (χ4n) is 3.36. The van der Waals surface area contributed by atoms with Crippen LogP contribution in [-0.2, 0) is 13.2 Å². The molecule has 4 aromatic rings. The Kier molecular flexibility index (Phi) is 5.63. The predicted molar refractivity (Wildman–Crippen MR) is 121 cm³/mol. The molecule has 140 valence electrons. The summed E-state index contributed by atoms with van der Waals surface area (Å²) in [7, 11) is 0. The first-order valence-corrected chi connectivity index (χ1v) is 10.2. The lowest BCUT2D eigenvalue weighted by molar-refractivity contribution is 0.304. The number of hydrogen-bond donors (Lipinski definition) is 1. The van der Waals surface area contributed by atoms with Crippen LogP contribution in [0, 0.1) is 6.92 Å². The minimum atomic E-state index is 0.542. The quantitative estimate of drug-likeness (QED) is 0.351. The van der Waals surface area contributed by atoms with Crippen LogP contribution in [0.3, 0.4) is 0 Å². The molecule has 0 saturated heterocycles. The van der Waals surface area contributed by atoms with Crippen LogP contribution in [0.15, 0.2) is 89.4 Å². The van der Waals surface area contributed by atoms with Gasteiger partial charge in [0.2, 0.25) is 0 Å². The number of fused-ring (bicyclic) bond motifs is 1. The molecule has 0 aliphatic heterocycles. The first-order chi connectivity index (χ1) is 13.7. The average Bonchev–Trinajstić information content (AvgIpc) is 2.72. The van der Waals surface area contributed by atoms with Crippen molar-refractivity contribution >= 4 is 32.4 Å². The maximum atomic E-state index is 6.24. The van der Waals surface area contributed by atoms with Crippen molar-refractivity contribution in [2.24, 2.45) is 0 Å². The number of hydrogen-bond acceptors (Lipinski definition) is 2. The van der Waals surface area contributed by atoms with Gasteiger partial charge in [0.05, 0.1) is 0 Å². The molecule has 0 aromatic heterocycles. The van der Waals surface area contributed by atoms with Gasteiger partial charge in [-0.15, -0.1) is 0 Å². The molecule has 3 heteroatoms. The molecule has 0 spiro atoms. The molecule has 0 bridgehead atoms. The summed E-state index contributed by atoms with van der Waals surface area (Å²) in [5.41, 5.74) is 4.69. The molecule has 0 aliphatic carbocycles. The maximum absolute atomic E-state index is 6.24. The standard InChI is InChI=1S/C25H22BrNO/c1-18-7-2-5-12-24(18)27-16-21-15-22(26)13-14-25(21)28-17-20-10-6-9-19-8-3-4-11-23(19)20/h2-15,27H,16-17H2,1H3. The van der Waals surface area contributed by atoms with E-state index in [4.69, 9.17) is 4.74 Å². The van der Waals surface area contributed by atoms with Crippen molar-refractivity contribution in [3.8, 4) is 5.75 Å². The molecular formula is C25H22BrNO. The normalized spacial score (nSPS) is 10.8. The second-order valence-electron chi connectivity index (χ2n) is 6.85. The summed E-state index contributed by atoms with van der Waals surface area (Å²) < 4.78 is 7.29. The second-order valence-corrected chi connectivity index (χ2v) is 7.76. The molecule has 2 nitrogen and oxygen atoms in total. The van der Waals surface area contributed by atoms with Crippen molar-refractivity contribution in [3.05, 3.63) is 106 Å². The van der Waals surface area contributed by atoms with Gasteiger partial charge in [0.25, 0.3) is 0 Å². The van der Waals surface area contributed by atoms with Crippen LogP contribution in [0.2, 0.25) is 0 Å². The summed E-state index contributed by atoms with van der Waals surface area (Å²) in [4.78, 5) is 0. The smallest absolute Gasteiger partial charge is 0.124 e. The zero-order chi connectivity index (χ0) is 19.3. The van der Waals surface area contributed by atoms with Gasteiger partial charge in [0.1, 0.15) is 12.4 Å². The molecule has 0 aliphatic rings. The van der Waals surface area contributed by atoms with Gasteiger partial charge in [0, 0.05) is 22.3 Å². The molecule has 4 aromatic carbocycles. The van der Waals surface area contributed by atoms with Crippen molar-refractivity contribution < 1.29 is 4.74 Å². The lowest BCUT2D eigenvalue weighted by Crippen LogP contribution is -2.05. The second kappa shape index (κ2) is 8.49. The highest BCUT2D eigenvalue weighted by molar-refractivity contribution is 9.10. The Morgan fingerprint density at radius 3 is 2.50 bits per heavy atom. The summed E-state index contributed by atoms with van der Waals surface area (Å²) in [6.45, 7) is 3.36. The molecular weight excluding hydrogens is 410 g/mol. The van der Waals surface area contributed by atoms with E-state index in [-0.39, 0.29) is 0 Å². The van der Waals surface area contributed by atoms with Crippen molar-refractivity contribution in [3.63, 3.8) is 0 Å². The number of para-hydroxylation sites is 1. The Hall–Kier alpha value is -2.78. The van der Waals surface area contributed by atoms with E-state index in [0.29, 0.717) is 13.2 Å². The topological polar surface area (TPSA) is 21.3 Å². The molecule has 0 amide bonds. The van der Waals surface area contributed by atoms with Gasteiger partial charge in [-0.2, -0.15) is 0 Å². The summed E-state index contributed by atoms with van der Waals surface area (Å²) in [6, 6.07) is 29.3. The number of nitrogens with one attached hydrogen (secondary N) is 1. The summed E-state index contributed by atoms with van der Waals surface area (Å²) in [6.07, 6.45) is 0. The van der Waals surface area contributed by atoms with E-state index in [1.165, 1.54) is 21.9 Å². The third-order valence-electron chi connectivity index (χ3n) is 4.90. The van der Waals surface area contributed by atoms with E-state index in [2.05, 4.69) is 94.9 Å². The fraction of sp³-hybridized carbons (Fsp3) is 0.120.